The Bertz CT molecular complexity index is 299. The maximum absolute atomic E-state index is 3.51. The summed E-state index contributed by atoms with van der Waals surface area (Å²) in [4.78, 5) is 2.46. The van der Waals surface area contributed by atoms with Gasteiger partial charge in [-0.25, -0.2) is 0 Å². The van der Waals surface area contributed by atoms with Gasteiger partial charge < -0.3 is 0 Å². The second-order valence-electron chi connectivity index (χ2n) is 4.15. The van der Waals surface area contributed by atoms with E-state index in [1.165, 1.54) is 16.7 Å². The van der Waals surface area contributed by atoms with E-state index in [4.69, 9.17) is 0 Å². The number of hydrogen-bond acceptors (Lipinski definition) is 1. The molecule has 1 aromatic carbocycles. The molecule has 0 amide bonds. The Kier molecular flexibility index (Phi) is 6.62. The van der Waals surface area contributed by atoms with Crippen molar-refractivity contribution in [3.8, 4) is 0 Å². The highest BCUT2D eigenvalue weighted by molar-refractivity contribution is 9.09. The van der Waals surface area contributed by atoms with Gasteiger partial charge in [-0.05, 0) is 19.4 Å². The van der Waals surface area contributed by atoms with E-state index in [0.29, 0.717) is 0 Å². The molecule has 0 aromatic heterocycles. The first-order chi connectivity index (χ1) is 7.65. The highest BCUT2D eigenvalue weighted by Crippen LogP contribution is 2.11. The number of benzene rings is 1. The first-order valence-electron chi connectivity index (χ1n) is 5.57. The van der Waals surface area contributed by atoms with Crippen molar-refractivity contribution in [2.45, 2.75) is 20.4 Å². The molecule has 0 heterocycles. The van der Waals surface area contributed by atoms with Crippen LogP contribution < -0.4 is 0 Å². The number of nitrogens with zero attached hydrogens (tertiary/aromatic N) is 1. The summed E-state index contributed by atoms with van der Waals surface area (Å²) in [5.74, 6) is 0. The van der Waals surface area contributed by atoms with Crippen LogP contribution in [0.25, 0.3) is 0 Å². The highest BCUT2D eigenvalue weighted by atomic mass is 79.9. The molecule has 1 nitrogen and oxygen atoms in total. The van der Waals surface area contributed by atoms with E-state index in [0.717, 1.165) is 30.3 Å². The van der Waals surface area contributed by atoms with E-state index in [-0.39, 0.29) is 0 Å². The van der Waals surface area contributed by atoms with Crippen LogP contribution >= 0.6 is 31.9 Å². The normalized spacial score (nSPS) is 11.1. The van der Waals surface area contributed by atoms with Crippen LogP contribution in [0.3, 0.4) is 0 Å². The van der Waals surface area contributed by atoms with Gasteiger partial charge in [0.05, 0.1) is 0 Å². The summed E-state index contributed by atoms with van der Waals surface area (Å²) in [5, 5.41) is 2.07. The molecule has 1 rings (SSSR count). The van der Waals surface area contributed by atoms with Crippen LogP contribution in [0.15, 0.2) is 18.2 Å². The first-order valence-corrected chi connectivity index (χ1v) is 7.81. The molecule has 0 aliphatic rings. The van der Waals surface area contributed by atoms with Gasteiger partial charge in [-0.2, -0.15) is 0 Å². The fourth-order valence-electron chi connectivity index (χ4n) is 1.93. The number of alkyl halides is 2. The number of hydrogen-bond donors (Lipinski definition) is 0. The van der Waals surface area contributed by atoms with Crippen molar-refractivity contribution >= 4 is 31.9 Å². The van der Waals surface area contributed by atoms with Gasteiger partial charge in [-0.3, -0.25) is 4.90 Å². The van der Waals surface area contributed by atoms with Crippen LogP contribution in [0, 0.1) is 13.8 Å². The van der Waals surface area contributed by atoms with Crippen LogP contribution in [0.4, 0.5) is 0 Å². The molecule has 0 bridgehead atoms. The zero-order valence-electron chi connectivity index (χ0n) is 9.97. The van der Waals surface area contributed by atoms with Crippen LogP contribution in [0.1, 0.15) is 16.7 Å². The summed E-state index contributed by atoms with van der Waals surface area (Å²) in [5.41, 5.74) is 4.12. The molecule has 3 heteroatoms. The second kappa shape index (κ2) is 7.46. The minimum absolute atomic E-state index is 1.03. The summed E-state index contributed by atoms with van der Waals surface area (Å²) in [6.45, 7) is 7.56. The topological polar surface area (TPSA) is 3.24 Å². The maximum Gasteiger partial charge on any atom is 0.0234 e. The molecular weight excluding hydrogens is 330 g/mol. The molecule has 0 aliphatic heterocycles. The Morgan fingerprint density at radius 1 is 0.938 bits per heavy atom. The zero-order valence-corrected chi connectivity index (χ0v) is 13.1. The summed E-state index contributed by atoms with van der Waals surface area (Å²) in [6.07, 6.45) is 0. The smallest absolute Gasteiger partial charge is 0.0234 e. The molecule has 0 N–H and O–H groups in total. The summed E-state index contributed by atoms with van der Waals surface area (Å²) in [6, 6.07) is 6.79. The van der Waals surface area contributed by atoms with Gasteiger partial charge in [0, 0.05) is 30.3 Å². The molecule has 0 radical (unpaired) electrons. The van der Waals surface area contributed by atoms with Gasteiger partial charge in [0.15, 0.2) is 0 Å². The van der Waals surface area contributed by atoms with Crippen molar-refractivity contribution in [2.24, 2.45) is 0 Å². The second-order valence-corrected chi connectivity index (χ2v) is 5.74. The third-order valence-electron chi connectivity index (χ3n) is 2.49. The van der Waals surface area contributed by atoms with Crippen molar-refractivity contribution in [1.29, 1.82) is 0 Å². The number of halogens is 2. The van der Waals surface area contributed by atoms with E-state index < -0.39 is 0 Å². The fourth-order valence-corrected chi connectivity index (χ4v) is 2.93. The van der Waals surface area contributed by atoms with Gasteiger partial charge in [0.1, 0.15) is 0 Å². The van der Waals surface area contributed by atoms with Gasteiger partial charge >= 0.3 is 0 Å². The predicted octanol–water partition coefficient (Wildman–Crippen LogP) is 3.90. The van der Waals surface area contributed by atoms with Gasteiger partial charge in [0.25, 0.3) is 0 Å². The predicted molar refractivity (Wildman–Crippen MR) is 78.8 cm³/mol. The van der Waals surface area contributed by atoms with E-state index in [2.05, 4.69) is 68.8 Å². The van der Waals surface area contributed by atoms with Crippen molar-refractivity contribution in [3.05, 3.63) is 34.9 Å². The lowest BCUT2D eigenvalue weighted by Gasteiger charge is -2.20. The van der Waals surface area contributed by atoms with Crippen molar-refractivity contribution < 1.29 is 0 Å². The molecule has 0 atom stereocenters. The first kappa shape index (κ1) is 14.2. The van der Waals surface area contributed by atoms with Crippen molar-refractivity contribution in [1.82, 2.24) is 4.90 Å². The minimum atomic E-state index is 1.03. The van der Waals surface area contributed by atoms with Crippen molar-refractivity contribution in [3.63, 3.8) is 0 Å². The molecule has 0 fully saturated rings. The highest BCUT2D eigenvalue weighted by Gasteiger charge is 2.05. The summed E-state index contributed by atoms with van der Waals surface area (Å²) < 4.78 is 0. The van der Waals surface area contributed by atoms with Gasteiger partial charge in [0.2, 0.25) is 0 Å². The zero-order chi connectivity index (χ0) is 12.0. The molecule has 0 unspecified atom stereocenters. The van der Waals surface area contributed by atoms with E-state index in [1.807, 2.05) is 0 Å². The van der Waals surface area contributed by atoms with E-state index in [1.54, 1.807) is 0 Å². The standard InChI is InChI=1S/C13H19Br2N/c1-11-7-12(2)9-13(8-11)10-16(5-3-14)6-4-15/h7-9H,3-6,10H2,1-2H3. The van der Waals surface area contributed by atoms with Crippen LogP contribution in [0.2, 0.25) is 0 Å². The summed E-state index contributed by atoms with van der Waals surface area (Å²) >= 11 is 7.01. The lowest BCUT2D eigenvalue weighted by Crippen LogP contribution is -2.27. The molecule has 16 heavy (non-hydrogen) atoms. The third kappa shape index (κ3) is 4.98. The molecule has 1 aromatic rings. The Morgan fingerprint density at radius 3 is 1.88 bits per heavy atom. The number of rotatable bonds is 6. The Balaban J connectivity index is 2.68. The molecule has 90 valence electrons. The van der Waals surface area contributed by atoms with Crippen molar-refractivity contribution in [2.75, 3.05) is 23.7 Å². The van der Waals surface area contributed by atoms with Crippen LogP contribution in [-0.4, -0.2) is 28.6 Å². The molecule has 0 aliphatic carbocycles. The average molecular weight is 349 g/mol. The largest absolute Gasteiger partial charge is 0.297 e. The lowest BCUT2D eigenvalue weighted by molar-refractivity contribution is 0.302. The molecular formula is C13H19Br2N. The number of aryl methyl sites for hydroxylation is 2. The van der Waals surface area contributed by atoms with Gasteiger partial charge in [-0.15, -0.1) is 0 Å². The van der Waals surface area contributed by atoms with Crippen LogP contribution in [0.5, 0.6) is 0 Å². The van der Waals surface area contributed by atoms with E-state index >= 15 is 0 Å². The summed E-state index contributed by atoms with van der Waals surface area (Å²) in [7, 11) is 0. The quantitative estimate of drug-likeness (QED) is 0.705. The monoisotopic (exact) mass is 347 g/mol. The SMILES string of the molecule is Cc1cc(C)cc(CN(CCBr)CCBr)c1. The van der Waals surface area contributed by atoms with Gasteiger partial charge in [-0.1, -0.05) is 61.2 Å². The lowest BCUT2D eigenvalue weighted by atomic mass is 10.1. The molecule has 0 saturated carbocycles. The minimum Gasteiger partial charge on any atom is -0.297 e. The Labute approximate surface area is 115 Å². The fraction of sp³-hybridized carbons (Fsp3) is 0.538. The Hall–Kier alpha value is 0.140. The average Bonchev–Trinajstić information content (AvgIpc) is 2.16. The van der Waals surface area contributed by atoms with Crippen LogP contribution in [-0.2, 0) is 6.54 Å². The Morgan fingerprint density at radius 2 is 1.44 bits per heavy atom. The maximum atomic E-state index is 3.51. The van der Waals surface area contributed by atoms with E-state index in [9.17, 15) is 0 Å². The molecule has 0 spiro atoms. The molecule has 0 saturated heterocycles. The third-order valence-corrected chi connectivity index (χ3v) is 3.20.